The number of halogens is 2. The number of benzene rings is 2. The van der Waals surface area contributed by atoms with Gasteiger partial charge in [-0.05, 0) is 18.2 Å². The molecule has 0 spiro atoms. The number of para-hydroxylation sites is 1. The standard InChI is InChI=1S/C18H18F2N4O6S/c19-18(20)30-16-4-2-1-3-13(16)12-21-22-15-6-5-14(24(25)26)11-17(15)31(27,28)23-7-9-29-10-8-23/h1-6,11-12,18,22H,7-10H2. The summed E-state index contributed by atoms with van der Waals surface area (Å²) in [7, 11) is -4.08. The predicted molar refractivity (Wildman–Crippen MR) is 107 cm³/mol. The first-order valence-corrected chi connectivity index (χ1v) is 10.4. The van der Waals surface area contributed by atoms with Gasteiger partial charge >= 0.3 is 6.61 Å². The van der Waals surface area contributed by atoms with Gasteiger partial charge in [-0.1, -0.05) is 12.1 Å². The van der Waals surface area contributed by atoms with Crippen LogP contribution in [-0.2, 0) is 14.8 Å². The minimum absolute atomic E-state index is 0.0133. The van der Waals surface area contributed by atoms with Gasteiger partial charge in [-0.15, -0.1) is 0 Å². The van der Waals surface area contributed by atoms with Gasteiger partial charge in [-0.3, -0.25) is 15.5 Å². The van der Waals surface area contributed by atoms with Crippen LogP contribution in [-0.4, -0.2) is 56.8 Å². The summed E-state index contributed by atoms with van der Waals surface area (Å²) >= 11 is 0. The van der Waals surface area contributed by atoms with E-state index in [1.807, 2.05) is 0 Å². The largest absolute Gasteiger partial charge is 0.434 e. The van der Waals surface area contributed by atoms with Crippen LogP contribution in [0, 0.1) is 10.1 Å². The van der Waals surface area contributed by atoms with Crippen molar-refractivity contribution in [3.63, 3.8) is 0 Å². The molecule has 3 rings (SSSR count). The van der Waals surface area contributed by atoms with Crippen molar-refractivity contribution in [2.75, 3.05) is 31.7 Å². The van der Waals surface area contributed by atoms with Crippen molar-refractivity contribution in [1.29, 1.82) is 0 Å². The Morgan fingerprint density at radius 3 is 2.61 bits per heavy atom. The summed E-state index contributed by atoms with van der Waals surface area (Å²) in [4.78, 5) is 10.1. The number of hydrazone groups is 1. The number of morpholine rings is 1. The van der Waals surface area contributed by atoms with Gasteiger partial charge in [0.1, 0.15) is 10.6 Å². The zero-order valence-corrected chi connectivity index (χ0v) is 16.8. The van der Waals surface area contributed by atoms with Crippen LogP contribution in [0.1, 0.15) is 5.56 Å². The highest BCUT2D eigenvalue weighted by Gasteiger charge is 2.30. The van der Waals surface area contributed by atoms with Gasteiger partial charge in [-0.2, -0.15) is 18.2 Å². The van der Waals surface area contributed by atoms with Gasteiger partial charge in [0.2, 0.25) is 10.0 Å². The summed E-state index contributed by atoms with van der Waals surface area (Å²) in [6.45, 7) is -2.41. The molecule has 31 heavy (non-hydrogen) atoms. The normalized spacial score (nSPS) is 15.3. The molecule has 2 aromatic rings. The van der Waals surface area contributed by atoms with Gasteiger partial charge in [0.25, 0.3) is 5.69 Å². The molecule has 1 N–H and O–H groups in total. The van der Waals surface area contributed by atoms with E-state index >= 15 is 0 Å². The van der Waals surface area contributed by atoms with Crippen LogP contribution < -0.4 is 10.2 Å². The number of alkyl halides is 2. The number of hydrogen-bond donors (Lipinski definition) is 1. The van der Waals surface area contributed by atoms with Crippen LogP contribution in [0.4, 0.5) is 20.2 Å². The Bertz CT molecular complexity index is 1070. The Morgan fingerprint density at radius 2 is 1.94 bits per heavy atom. The number of nitro groups is 1. The molecule has 166 valence electrons. The molecule has 1 aliphatic rings. The molecule has 1 heterocycles. The minimum atomic E-state index is -4.08. The van der Waals surface area contributed by atoms with Crippen molar-refractivity contribution >= 4 is 27.6 Å². The third kappa shape index (κ3) is 5.51. The predicted octanol–water partition coefficient (Wildman–Crippen LogP) is 2.66. The number of hydrogen-bond acceptors (Lipinski definition) is 8. The first-order valence-electron chi connectivity index (χ1n) is 8.98. The van der Waals surface area contributed by atoms with E-state index in [0.29, 0.717) is 0 Å². The van der Waals surface area contributed by atoms with Crippen LogP contribution in [0.3, 0.4) is 0 Å². The lowest BCUT2D eigenvalue weighted by atomic mass is 10.2. The molecular formula is C18H18F2N4O6S. The van der Waals surface area contributed by atoms with E-state index < -0.39 is 27.2 Å². The Kier molecular flexibility index (Phi) is 7.09. The van der Waals surface area contributed by atoms with Crippen molar-refractivity contribution in [1.82, 2.24) is 4.31 Å². The molecule has 0 atom stereocenters. The Hall–Kier alpha value is -3.16. The third-order valence-electron chi connectivity index (χ3n) is 4.29. The summed E-state index contributed by atoms with van der Waals surface area (Å²) in [6.07, 6.45) is 1.17. The number of non-ortho nitro benzene ring substituents is 1. The average molecular weight is 456 g/mol. The van der Waals surface area contributed by atoms with Gasteiger partial charge in [0.15, 0.2) is 0 Å². The van der Waals surface area contributed by atoms with E-state index in [2.05, 4.69) is 15.3 Å². The Morgan fingerprint density at radius 1 is 1.23 bits per heavy atom. The van der Waals surface area contributed by atoms with E-state index in [9.17, 15) is 27.3 Å². The van der Waals surface area contributed by atoms with Crippen LogP contribution in [0.15, 0.2) is 52.5 Å². The summed E-state index contributed by atoms with van der Waals surface area (Å²) < 4.78 is 61.9. The molecule has 0 saturated carbocycles. The molecule has 0 aromatic heterocycles. The maximum atomic E-state index is 13.0. The highest BCUT2D eigenvalue weighted by atomic mass is 32.2. The molecule has 2 aromatic carbocycles. The second-order valence-corrected chi connectivity index (χ2v) is 8.15. The van der Waals surface area contributed by atoms with Crippen LogP contribution in [0.25, 0.3) is 0 Å². The fourth-order valence-corrected chi connectivity index (χ4v) is 4.39. The first-order chi connectivity index (χ1) is 14.8. The second kappa shape index (κ2) is 9.76. The van der Waals surface area contributed by atoms with Crippen molar-refractivity contribution in [3.05, 3.63) is 58.1 Å². The summed E-state index contributed by atoms with van der Waals surface area (Å²) in [5, 5.41) is 15.0. The number of rotatable bonds is 8. The molecular weight excluding hydrogens is 438 g/mol. The fraction of sp³-hybridized carbons (Fsp3) is 0.278. The summed E-state index contributed by atoms with van der Waals surface area (Å²) in [5.41, 5.74) is 2.32. The molecule has 10 nitrogen and oxygen atoms in total. The smallest absolute Gasteiger partial charge is 0.387 e. The lowest BCUT2D eigenvalue weighted by Gasteiger charge is -2.26. The van der Waals surface area contributed by atoms with Crippen molar-refractivity contribution < 1.29 is 31.6 Å². The number of sulfonamides is 1. The van der Waals surface area contributed by atoms with Crippen molar-refractivity contribution in [2.45, 2.75) is 11.5 Å². The Balaban J connectivity index is 1.91. The topological polar surface area (TPSA) is 123 Å². The molecule has 0 radical (unpaired) electrons. The van der Waals surface area contributed by atoms with Crippen molar-refractivity contribution in [2.24, 2.45) is 5.10 Å². The van der Waals surface area contributed by atoms with Gasteiger partial charge in [0, 0.05) is 30.8 Å². The van der Waals surface area contributed by atoms with Crippen LogP contribution >= 0.6 is 0 Å². The molecule has 0 amide bonds. The highest BCUT2D eigenvalue weighted by molar-refractivity contribution is 7.89. The summed E-state index contributed by atoms with van der Waals surface area (Å²) in [6, 6.07) is 9.18. The molecule has 13 heteroatoms. The zero-order chi connectivity index (χ0) is 22.4. The van der Waals surface area contributed by atoms with Crippen molar-refractivity contribution in [3.8, 4) is 5.75 Å². The van der Waals surface area contributed by atoms with E-state index in [1.165, 1.54) is 30.5 Å². The fourth-order valence-electron chi connectivity index (χ4n) is 2.82. The minimum Gasteiger partial charge on any atom is -0.434 e. The maximum absolute atomic E-state index is 13.0. The number of nitrogens with one attached hydrogen (secondary N) is 1. The highest BCUT2D eigenvalue weighted by Crippen LogP contribution is 2.29. The second-order valence-electron chi connectivity index (χ2n) is 6.24. The van der Waals surface area contributed by atoms with E-state index in [0.717, 1.165) is 16.4 Å². The molecule has 0 bridgehead atoms. The lowest BCUT2D eigenvalue weighted by Crippen LogP contribution is -2.40. The van der Waals surface area contributed by atoms with Crippen LogP contribution in [0.2, 0.25) is 0 Å². The van der Waals surface area contributed by atoms with E-state index in [-0.39, 0.29) is 48.2 Å². The van der Waals surface area contributed by atoms with Gasteiger partial charge in [0.05, 0.1) is 30.0 Å². The summed E-state index contributed by atoms with van der Waals surface area (Å²) in [5.74, 6) is -0.118. The third-order valence-corrected chi connectivity index (χ3v) is 6.23. The Labute approximate surface area is 176 Å². The van der Waals surface area contributed by atoms with E-state index in [1.54, 1.807) is 6.07 Å². The van der Waals surface area contributed by atoms with E-state index in [4.69, 9.17) is 4.74 Å². The quantitative estimate of drug-likeness (QED) is 0.368. The van der Waals surface area contributed by atoms with Gasteiger partial charge in [-0.25, -0.2) is 8.42 Å². The number of ether oxygens (including phenoxy) is 2. The average Bonchev–Trinajstić information content (AvgIpc) is 2.75. The molecule has 0 aliphatic carbocycles. The number of nitro benzene ring substituents is 1. The SMILES string of the molecule is O=[N+]([O-])c1ccc(NN=Cc2ccccc2OC(F)F)c(S(=O)(=O)N2CCOCC2)c1. The molecule has 1 fully saturated rings. The van der Waals surface area contributed by atoms with Gasteiger partial charge < -0.3 is 9.47 Å². The molecule has 1 aliphatic heterocycles. The monoisotopic (exact) mass is 456 g/mol. The maximum Gasteiger partial charge on any atom is 0.387 e. The first kappa shape index (κ1) is 22.5. The van der Waals surface area contributed by atoms with Crippen LogP contribution in [0.5, 0.6) is 5.75 Å². The number of nitrogens with zero attached hydrogens (tertiary/aromatic N) is 3. The molecule has 0 unspecified atom stereocenters. The number of anilines is 1. The zero-order valence-electron chi connectivity index (χ0n) is 16.0. The molecule has 1 saturated heterocycles. The lowest BCUT2D eigenvalue weighted by molar-refractivity contribution is -0.385.